The summed E-state index contributed by atoms with van der Waals surface area (Å²) in [4.78, 5) is 17.5. The number of benzene rings is 3. The van der Waals surface area contributed by atoms with E-state index in [0.717, 1.165) is 13.4 Å². The number of esters is 1. The van der Waals surface area contributed by atoms with Crippen molar-refractivity contribution in [2.24, 2.45) is 5.16 Å². The maximum Gasteiger partial charge on any atom is 0.338 e. The molecule has 3 aromatic carbocycles. The third kappa shape index (κ3) is 9.77. The van der Waals surface area contributed by atoms with Crippen LogP contribution in [0.1, 0.15) is 27.9 Å². The normalized spacial score (nSPS) is 13.8. The van der Waals surface area contributed by atoms with Crippen molar-refractivity contribution in [3.8, 4) is 0 Å². The summed E-state index contributed by atoms with van der Waals surface area (Å²) < 4.78 is 71.5. The number of nitrogens with zero attached hydrogens (tertiary/aromatic N) is 1. The molecule has 0 fully saturated rings. The smallest absolute Gasteiger partial charge is 0.338 e. The SMILES string of the molecule is CON=C(OCc1ccccc1)C(F)(F)CC(OS(C)(=O)=O)C(Cc1ccccc1)OC(=O)c1ccccc1. The Kier molecular flexibility index (Phi) is 10.5. The summed E-state index contributed by atoms with van der Waals surface area (Å²) >= 11 is 0. The highest BCUT2D eigenvalue weighted by molar-refractivity contribution is 7.86. The fraction of sp³-hybridized carbons (Fsp3) is 0.286. The van der Waals surface area contributed by atoms with Crippen LogP contribution in [0.5, 0.6) is 0 Å². The van der Waals surface area contributed by atoms with Gasteiger partial charge in [-0.2, -0.15) is 17.2 Å². The van der Waals surface area contributed by atoms with Crippen LogP contribution < -0.4 is 0 Å². The average molecular weight is 562 g/mol. The number of hydrogen-bond donors (Lipinski definition) is 0. The highest BCUT2D eigenvalue weighted by atomic mass is 32.2. The minimum absolute atomic E-state index is 0.0999. The van der Waals surface area contributed by atoms with Crippen LogP contribution in [0.2, 0.25) is 0 Å². The lowest BCUT2D eigenvalue weighted by molar-refractivity contribution is -0.0520. The van der Waals surface area contributed by atoms with E-state index in [1.807, 2.05) is 0 Å². The topological polar surface area (TPSA) is 100 Å². The predicted octanol–water partition coefficient (Wildman–Crippen LogP) is 5.00. The molecule has 208 valence electrons. The lowest BCUT2D eigenvalue weighted by Gasteiger charge is -2.29. The third-order valence-electron chi connectivity index (χ3n) is 5.42. The van der Waals surface area contributed by atoms with Gasteiger partial charge in [-0.1, -0.05) is 78.9 Å². The Morgan fingerprint density at radius 3 is 1.95 bits per heavy atom. The molecular formula is C28H29F2NO7S. The average Bonchev–Trinajstić information content (AvgIpc) is 2.91. The van der Waals surface area contributed by atoms with Gasteiger partial charge in [-0.3, -0.25) is 4.18 Å². The summed E-state index contributed by atoms with van der Waals surface area (Å²) in [6.45, 7) is -0.243. The van der Waals surface area contributed by atoms with E-state index < -0.39 is 46.5 Å². The fourth-order valence-electron chi connectivity index (χ4n) is 3.67. The van der Waals surface area contributed by atoms with Crippen LogP contribution in [0.15, 0.2) is 96.2 Å². The Labute approximate surface area is 226 Å². The maximum atomic E-state index is 15.6. The molecule has 11 heteroatoms. The van der Waals surface area contributed by atoms with Crippen LogP contribution in [-0.4, -0.2) is 51.8 Å². The van der Waals surface area contributed by atoms with Crippen LogP contribution in [-0.2, 0) is 41.6 Å². The van der Waals surface area contributed by atoms with E-state index in [2.05, 4.69) is 9.99 Å². The number of carbonyl (C=O) groups excluding carboxylic acids is 1. The zero-order valence-corrected chi connectivity index (χ0v) is 22.2. The summed E-state index contributed by atoms with van der Waals surface area (Å²) in [6, 6.07) is 25.0. The van der Waals surface area contributed by atoms with Gasteiger partial charge < -0.3 is 14.3 Å². The van der Waals surface area contributed by atoms with Gasteiger partial charge in [-0.25, -0.2) is 4.79 Å². The first-order chi connectivity index (χ1) is 18.6. The molecule has 0 radical (unpaired) electrons. The number of rotatable bonds is 13. The van der Waals surface area contributed by atoms with E-state index in [9.17, 15) is 13.2 Å². The first kappa shape index (κ1) is 29.7. The van der Waals surface area contributed by atoms with Crippen LogP contribution in [0.3, 0.4) is 0 Å². The van der Waals surface area contributed by atoms with Gasteiger partial charge >= 0.3 is 11.9 Å². The van der Waals surface area contributed by atoms with Gasteiger partial charge in [0.1, 0.15) is 25.9 Å². The van der Waals surface area contributed by atoms with Crippen molar-refractivity contribution in [2.75, 3.05) is 13.4 Å². The molecule has 0 N–H and O–H groups in total. The molecule has 0 bridgehead atoms. The lowest BCUT2D eigenvalue weighted by Crippen LogP contribution is -2.44. The maximum absolute atomic E-state index is 15.6. The fourth-order valence-corrected chi connectivity index (χ4v) is 4.32. The molecule has 0 aromatic heterocycles. The molecular weight excluding hydrogens is 532 g/mol. The van der Waals surface area contributed by atoms with Crippen molar-refractivity contribution < 1.29 is 40.5 Å². The van der Waals surface area contributed by atoms with E-state index in [4.69, 9.17) is 13.7 Å². The van der Waals surface area contributed by atoms with E-state index in [1.54, 1.807) is 78.9 Å². The molecule has 0 aliphatic carbocycles. The summed E-state index contributed by atoms with van der Waals surface area (Å²) in [5.41, 5.74) is 1.37. The molecule has 3 rings (SSSR count). The Hall–Kier alpha value is -3.83. The molecule has 0 saturated carbocycles. The Morgan fingerprint density at radius 2 is 1.41 bits per heavy atom. The minimum atomic E-state index is -4.26. The van der Waals surface area contributed by atoms with Crippen LogP contribution in [0, 0.1) is 0 Å². The molecule has 0 heterocycles. The van der Waals surface area contributed by atoms with Gasteiger partial charge in [0.05, 0.1) is 18.2 Å². The second kappa shape index (κ2) is 13.8. The summed E-state index contributed by atoms with van der Waals surface area (Å²) in [5, 5.41) is 3.34. The Balaban J connectivity index is 1.92. The van der Waals surface area contributed by atoms with Gasteiger partial charge in [0, 0.05) is 6.42 Å². The van der Waals surface area contributed by atoms with Crippen molar-refractivity contribution in [1.82, 2.24) is 0 Å². The number of carbonyl (C=O) groups is 1. The minimum Gasteiger partial charge on any atom is -0.469 e. The van der Waals surface area contributed by atoms with Crippen LogP contribution >= 0.6 is 0 Å². The number of hydrogen-bond acceptors (Lipinski definition) is 8. The van der Waals surface area contributed by atoms with Crippen molar-refractivity contribution >= 4 is 22.0 Å². The lowest BCUT2D eigenvalue weighted by atomic mass is 9.99. The molecule has 8 nitrogen and oxygen atoms in total. The van der Waals surface area contributed by atoms with E-state index in [-0.39, 0.29) is 18.6 Å². The summed E-state index contributed by atoms with van der Waals surface area (Å²) in [7, 11) is -3.19. The molecule has 2 atom stereocenters. The molecule has 0 aliphatic heterocycles. The van der Waals surface area contributed by atoms with Gasteiger partial charge in [0.15, 0.2) is 0 Å². The van der Waals surface area contributed by atoms with Gasteiger partial charge in [-0.05, 0) is 28.4 Å². The third-order valence-corrected chi connectivity index (χ3v) is 6.02. The Bertz CT molecular complexity index is 1320. The second-order valence-corrected chi connectivity index (χ2v) is 10.2. The number of alkyl halides is 2. The quantitative estimate of drug-likeness (QED) is 0.0952. The number of oxime groups is 1. The zero-order valence-electron chi connectivity index (χ0n) is 21.4. The van der Waals surface area contributed by atoms with E-state index >= 15 is 8.78 Å². The summed E-state index contributed by atoms with van der Waals surface area (Å²) in [5.74, 6) is -5.77. The molecule has 0 spiro atoms. The highest BCUT2D eigenvalue weighted by Gasteiger charge is 2.46. The van der Waals surface area contributed by atoms with Crippen molar-refractivity contribution in [3.05, 3.63) is 108 Å². The zero-order chi connectivity index (χ0) is 28.3. The second-order valence-electron chi connectivity index (χ2n) is 8.60. The largest absolute Gasteiger partial charge is 0.469 e. The standard InChI is InChI=1S/C28H29F2NO7S/c1-35-31-27(36-20-22-14-8-4-9-15-22)28(29,30)19-25(38-39(2,33)34)24(18-21-12-6-3-7-13-21)37-26(32)23-16-10-5-11-17-23/h3-17,24-25H,18-20H2,1-2H3. The van der Waals surface area contributed by atoms with Crippen molar-refractivity contribution in [3.63, 3.8) is 0 Å². The number of halogens is 2. The van der Waals surface area contributed by atoms with E-state index in [0.29, 0.717) is 11.1 Å². The molecule has 0 aliphatic rings. The molecule has 2 unspecified atom stereocenters. The molecule has 0 saturated heterocycles. The Morgan fingerprint density at radius 1 is 0.872 bits per heavy atom. The molecule has 3 aromatic rings. The monoisotopic (exact) mass is 561 g/mol. The van der Waals surface area contributed by atoms with Crippen molar-refractivity contribution in [1.29, 1.82) is 0 Å². The first-order valence-corrected chi connectivity index (χ1v) is 13.7. The van der Waals surface area contributed by atoms with E-state index in [1.165, 1.54) is 12.1 Å². The molecule has 39 heavy (non-hydrogen) atoms. The van der Waals surface area contributed by atoms with Crippen LogP contribution in [0.25, 0.3) is 0 Å². The molecule has 0 amide bonds. The highest BCUT2D eigenvalue weighted by Crippen LogP contribution is 2.30. The van der Waals surface area contributed by atoms with Crippen LogP contribution in [0.4, 0.5) is 8.78 Å². The summed E-state index contributed by atoms with van der Waals surface area (Å²) in [6.07, 6.45) is -3.83. The van der Waals surface area contributed by atoms with Gasteiger partial charge in [-0.15, -0.1) is 0 Å². The number of ether oxygens (including phenoxy) is 2. The predicted molar refractivity (Wildman–Crippen MR) is 141 cm³/mol. The van der Waals surface area contributed by atoms with Gasteiger partial charge in [0.25, 0.3) is 16.0 Å². The first-order valence-electron chi connectivity index (χ1n) is 11.9. The van der Waals surface area contributed by atoms with Crippen molar-refractivity contribution in [2.45, 2.75) is 37.6 Å². The van der Waals surface area contributed by atoms with Gasteiger partial charge in [0.2, 0.25) is 0 Å².